The van der Waals surface area contributed by atoms with E-state index in [2.05, 4.69) is 0 Å². The van der Waals surface area contributed by atoms with Crippen LogP contribution in [0.4, 0.5) is 0 Å². The van der Waals surface area contributed by atoms with Crippen molar-refractivity contribution in [3.8, 4) is 23.0 Å². The van der Waals surface area contributed by atoms with Gasteiger partial charge in [-0.25, -0.2) is 0 Å². The van der Waals surface area contributed by atoms with Gasteiger partial charge in [-0.3, -0.25) is 4.79 Å². The molecular formula is C23H28O7. The lowest BCUT2D eigenvalue weighted by atomic mass is 9.93. The number of hydrogen-bond donors (Lipinski definition) is 3. The van der Waals surface area contributed by atoms with E-state index < -0.39 is 18.5 Å². The van der Waals surface area contributed by atoms with Crippen LogP contribution in [0.3, 0.4) is 0 Å². The van der Waals surface area contributed by atoms with E-state index in [-0.39, 0.29) is 35.6 Å². The molecule has 0 bridgehead atoms. The predicted octanol–water partition coefficient (Wildman–Crippen LogP) is 3.97. The topological polar surface area (TPSA) is 105 Å². The summed E-state index contributed by atoms with van der Waals surface area (Å²) in [7, 11) is 0. The number of rotatable bonds is 6. The molecule has 1 aliphatic rings. The largest absolute Gasteiger partial charge is 0.508 e. The van der Waals surface area contributed by atoms with Crippen molar-refractivity contribution in [2.24, 2.45) is 5.92 Å². The molecule has 7 nitrogen and oxygen atoms in total. The van der Waals surface area contributed by atoms with Crippen LogP contribution in [0.5, 0.6) is 23.0 Å². The second kappa shape index (κ2) is 8.83. The van der Waals surface area contributed by atoms with E-state index in [4.69, 9.17) is 14.2 Å². The molecule has 1 heterocycles. The number of carbonyl (C=O) groups excluding carboxylic acids is 1. The van der Waals surface area contributed by atoms with Gasteiger partial charge in [0.15, 0.2) is 6.10 Å². The summed E-state index contributed by atoms with van der Waals surface area (Å²) in [5.74, 6) is -0.403. The molecule has 0 saturated heterocycles. The number of phenolic OH excluding ortho intramolecular Hbond substituents is 3. The first-order valence-corrected chi connectivity index (χ1v) is 10.1. The number of ether oxygens (including phenoxy) is 3. The number of carbonyl (C=O) groups is 1. The van der Waals surface area contributed by atoms with Gasteiger partial charge in [-0.05, 0) is 30.5 Å². The highest BCUT2D eigenvalue weighted by atomic mass is 16.7. The molecule has 2 aromatic rings. The second-order valence-electron chi connectivity index (χ2n) is 7.76. The third-order valence-corrected chi connectivity index (χ3v) is 5.11. The number of aryl methyl sites for hydroxylation is 1. The molecule has 3 atom stereocenters. The average Bonchev–Trinajstić information content (AvgIpc) is 2.67. The van der Waals surface area contributed by atoms with E-state index in [1.807, 2.05) is 19.1 Å². The van der Waals surface area contributed by atoms with Gasteiger partial charge in [0.1, 0.15) is 29.1 Å². The van der Waals surface area contributed by atoms with E-state index in [0.717, 1.165) is 5.56 Å². The lowest BCUT2D eigenvalue weighted by Gasteiger charge is -2.35. The van der Waals surface area contributed by atoms with Crippen LogP contribution in [-0.4, -0.2) is 33.7 Å². The third-order valence-electron chi connectivity index (χ3n) is 5.11. The van der Waals surface area contributed by atoms with Gasteiger partial charge in [0.2, 0.25) is 6.29 Å². The van der Waals surface area contributed by atoms with Crippen molar-refractivity contribution in [1.29, 1.82) is 0 Å². The summed E-state index contributed by atoms with van der Waals surface area (Å²) in [6.07, 6.45) is -1.12. The van der Waals surface area contributed by atoms with Gasteiger partial charge >= 0.3 is 5.97 Å². The Hall–Kier alpha value is -2.93. The van der Waals surface area contributed by atoms with Crippen molar-refractivity contribution in [2.75, 3.05) is 0 Å². The molecule has 0 aromatic heterocycles. The van der Waals surface area contributed by atoms with Crippen LogP contribution >= 0.6 is 0 Å². The molecule has 162 valence electrons. The third kappa shape index (κ3) is 4.62. The molecule has 30 heavy (non-hydrogen) atoms. The highest BCUT2D eigenvalue weighted by Crippen LogP contribution is 2.43. The first-order chi connectivity index (χ1) is 14.2. The maximum atomic E-state index is 11.9. The summed E-state index contributed by atoms with van der Waals surface area (Å²) in [6, 6.07) is 7.96. The Bertz CT molecular complexity index is 922. The lowest BCUT2D eigenvalue weighted by molar-refractivity contribution is -0.198. The minimum absolute atomic E-state index is 0.104. The van der Waals surface area contributed by atoms with Crippen LogP contribution in [0.15, 0.2) is 30.3 Å². The Morgan fingerprint density at radius 2 is 1.87 bits per heavy atom. The van der Waals surface area contributed by atoms with E-state index in [1.54, 1.807) is 26.8 Å². The van der Waals surface area contributed by atoms with Gasteiger partial charge in [-0.1, -0.05) is 32.9 Å². The van der Waals surface area contributed by atoms with Gasteiger partial charge in [0.05, 0.1) is 5.92 Å². The normalized spacial score (nSPS) is 19.1. The van der Waals surface area contributed by atoms with Crippen molar-refractivity contribution >= 4 is 5.97 Å². The van der Waals surface area contributed by atoms with Gasteiger partial charge < -0.3 is 29.5 Å². The Morgan fingerprint density at radius 1 is 1.13 bits per heavy atom. The number of esters is 1. The van der Waals surface area contributed by atoms with Gasteiger partial charge in [-0.2, -0.15) is 0 Å². The van der Waals surface area contributed by atoms with Crippen molar-refractivity contribution in [3.05, 3.63) is 47.0 Å². The summed E-state index contributed by atoms with van der Waals surface area (Å²) >= 11 is 0. The molecule has 0 spiro atoms. The minimum atomic E-state index is -0.833. The zero-order chi connectivity index (χ0) is 22.0. The zero-order valence-electron chi connectivity index (χ0n) is 17.6. The maximum Gasteiger partial charge on any atom is 0.310 e. The fraction of sp³-hybridized carbons (Fsp3) is 0.435. The maximum absolute atomic E-state index is 11.9. The Kier molecular flexibility index (Phi) is 6.41. The van der Waals surface area contributed by atoms with Gasteiger partial charge in [0.25, 0.3) is 0 Å². The molecule has 2 aromatic carbocycles. The zero-order valence-corrected chi connectivity index (χ0v) is 17.6. The van der Waals surface area contributed by atoms with Crippen LogP contribution in [0.25, 0.3) is 0 Å². The van der Waals surface area contributed by atoms with Crippen LogP contribution in [-0.2, 0) is 27.1 Å². The molecule has 0 saturated carbocycles. The molecular weight excluding hydrogens is 388 g/mol. The highest BCUT2D eigenvalue weighted by molar-refractivity contribution is 5.71. The smallest absolute Gasteiger partial charge is 0.310 e. The Labute approximate surface area is 175 Å². The molecule has 1 aliphatic heterocycles. The summed E-state index contributed by atoms with van der Waals surface area (Å²) in [5.41, 5.74) is 1.97. The molecule has 0 radical (unpaired) electrons. The molecule has 3 rings (SSSR count). The summed E-state index contributed by atoms with van der Waals surface area (Å²) in [4.78, 5) is 11.9. The SMILES string of the molecule is CCc1ccc([C@H]2Oc3cc(O)cc(O)c3C[C@H]2OC(C)OC(=O)C(C)C)cc1O. The molecule has 0 fully saturated rings. The fourth-order valence-corrected chi connectivity index (χ4v) is 3.48. The van der Waals surface area contributed by atoms with Crippen molar-refractivity contribution < 1.29 is 34.3 Å². The Balaban J connectivity index is 1.93. The van der Waals surface area contributed by atoms with E-state index in [1.165, 1.54) is 12.1 Å². The predicted molar refractivity (Wildman–Crippen MR) is 110 cm³/mol. The fourth-order valence-electron chi connectivity index (χ4n) is 3.48. The molecule has 3 N–H and O–H groups in total. The average molecular weight is 416 g/mol. The van der Waals surface area contributed by atoms with Crippen molar-refractivity contribution in [1.82, 2.24) is 0 Å². The van der Waals surface area contributed by atoms with Crippen LogP contribution in [0.1, 0.15) is 50.5 Å². The lowest BCUT2D eigenvalue weighted by Crippen LogP contribution is -2.37. The first-order valence-electron chi connectivity index (χ1n) is 10.1. The minimum Gasteiger partial charge on any atom is -0.508 e. The molecule has 0 amide bonds. The van der Waals surface area contributed by atoms with Crippen molar-refractivity contribution in [3.63, 3.8) is 0 Å². The molecule has 7 heteroatoms. The quantitative estimate of drug-likeness (QED) is 0.483. The number of fused-ring (bicyclic) bond motifs is 1. The van der Waals surface area contributed by atoms with Gasteiger partial charge in [-0.15, -0.1) is 0 Å². The number of aromatic hydroxyl groups is 3. The van der Waals surface area contributed by atoms with Crippen LogP contribution < -0.4 is 4.74 Å². The highest BCUT2D eigenvalue weighted by Gasteiger charge is 2.36. The van der Waals surface area contributed by atoms with E-state index in [9.17, 15) is 20.1 Å². The summed E-state index contributed by atoms with van der Waals surface area (Å²) in [6.45, 7) is 7.05. The molecule has 0 aliphatic carbocycles. The van der Waals surface area contributed by atoms with Crippen LogP contribution in [0.2, 0.25) is 0 Å². The van der Waals surface area contributed by atoms with Gasteiger partial charge in [0, 0.05) is 24.1 Å². The number of phenols is 3. The first kappa shape index (κ1) is 21.8. The Morgan fingerprint density at radius 3 is 2.50 bits per heavy atom. The monoisotopic (exact) mass is 416 g/mol. The molecule has 1 unspecified atom stereocenters. The number of hydrogen-bond acceptors (Lipinski definition) is 7. The second-order valence-corrected chi connectivity index (χ2v) is 7.76. The number of benzene rings is 2. The van der Waals surface area contributed by atoms with E-state index >= 15 is 0 Å². The summed E-state index contributed by atoms with van der Waals surface area (Å²) in [5, 5.41) is 30.4. The standard InChI is InChI=1S/C23H28O7/c1-5-14-6-7-15(8-18(14)25)22-21(28-13(4)29-23(27)12(2)3)11-17-19(26)9-16(24)10-20(17)30-22/h6-10,12-13,21-22,24-26H,5,11H2,1-4H3/t13?,21-,22-/m1/s1. The van der Waals surface area contributed by atoms with E-state index in [0.29, 0.717) is 23.3 Å². The summed E-state index contributed by atoms with van der Waals surface area (Å²) < 4.78 is 17.4. The van der Waals surface area contributed by atoms with Crippen LogP contribution in [0, 0.1) is 5.92 Å². The van der Waals surface area contributed by atoms with Crippen molar-refractivity contribution in [2.45, 2.75) is 59.0 Å².